The molecule has 0 aliphatic rings. The Hall–Kier alpha value is -11.2. The molecule has 4 aromatic heterocycles. The van der Waals surface area contributed by atoms with Gasteiger partial charge < -0.3 is 29.9 Å². The summed E-state index contributed by atoms with van der Waals surface area (Å²) in [5, 5.41) is 76.4. The van der Waals surface area contributed by atoms with Gasteiger partial charge in [-0.05, 0) is 153 Å². The van der Waals surface area contributed by atoms with Gasteiger partial charge in [0.25, 0.3) is 0 Å². The number of carbonyl (C=O) groups excluding carboxylic acids is 2. The Morgan fingerprint density at radius 1 is 0.446 bits per heavy atom. The van der Waals surface area contributed by atoms with Crippen LogP contribution in [0.1, 0.15) is 68.7 Å². The lowest BCUT2D eigenvalue weighted by molar-refractivity contribution is -0.137. The van der Waals surface area contributed by atoms with Crippen LogP contribution in [0.4, 0.5) is 13.2 Å². The molecule has 20 nitrogen and oxygen atoms in total. The van der Waals surface area contributed by atoms with Gasteiger partial charge in [-0.25, -0.2) is 0 Å². The topological polar surface area (TPSA) is 256 Å². The number of rotatable bonds is 15. The molecule has 23 heteroatoms. The highest BCUT2D eigenvalue weighted by molar-refractivity contribution is 5.85. The van der Waals surface area contributed by atoms with E-state index in [4.69, 9.17) is 9.47 Å². The number of fused-ring (bicyclic) bond motifs is 4. The fourth-order valence-corrected chi connectivity index (χ4v) is 8.72. The van der Waals surface area contributed by atoms with Crippen molar-refractivity contribution in [3.63, 3.8) is 0 Å². The van der Waals surface area contributed by atoms with Crippen molar-refractivity contribution in [3.05, 3.63) is 179 Å². The zero-order chi connectivity index (χ0) is 57.8. The van der Waals surface area contributed by atoms with Crippen molar-refractivity contribution in [2.24, 2.45) is 0 Å². The Morgan fingerprint density at radius 3 is 1.41 bits per heavy atom. The number of carbonyl (C=O) groups is 2. The summed E-state index contributed by atoms with van der Waals surface area (Å²) >= 11 is 0. The highest BCUT2D eigenvalue weighted by atomic mass is 19.4. The minimum Gasteiger partial charge on any atom is -0.508 e. The van der Waals surface area contributed by atoms with Crippen molar-refractivity contribution >= 4 is 56.7 Å². The molecule has 4 N–H and O–H groups in total. The van der Waals surface area contributed by atoms with E-state index >= 15 is 0 Å². The van der Waals surface area contributed by atoms with Gasteiger partial charge in [0, 0.05) is 46.5 Å². The predicted molar refractivity (Wildman–Crippen MR) is 298 cm³/mol. The number of benzene rings is 8. The summed E-state index contributed by atoms with van der Waals surface area (Å²) in [6.45, 7) is 2.87. The summed E-state index contributed by atoms with van der Waals surface area (Å²) < 4.78 is 50.7. The molecular weight excluding hydrogens is 1070 g/mol. The molecule has 414 valence electrons. The second-order valence-corrected chi connectivity index (χ2v) is 19.0. The summed E-state index contributed by atoms with van der Waals surface area (Å²) in [5.74, 6) is 6.66. The number of aldehydes is 2. The van der Waals surface area contributed by atoms with Crippen LogP contribution in [-0.2, 0) is 6.18 Å². The van der Waals surface area contributed by atoms with Gasteiger partial charge in [0.15, 0.2) is 0 Å². The van der Waals surface area contributed by atoms with Crippen molar-refractivity contribution in [1.29, 1.82) is 0 Å². The van der Waals surface area contributed by atoms with Gasteiger partial charge in [0.2, 0.25) is 0 Å². The standard InChI is InChI=1S/C32H29F3N6O4.C28H16N6O4/c1-20-6-9-26-28(14-20)39-41(37-26)30-11-8-24(19-31(30)43)44-12-4-2-3-5-13-45-25-17-22(16-23(42)18-25)40-36-27-10-7-21(32(33,34)35)15-29(27)38-40;35-15-19-3-7-21-23(11-19)31-33(29-21)25-9-5-17(13-27(25)37)1-2-18-6-10-26(28(38)14-18)34-30-22-8-4-20(16-36)12-24(22)32-34/h6-11,14-19,42-43H,2-5,12-13H2,1H3;3-16,37-38H. The maximum absolute atomic E-state index is 13.0. The maximum atomic E-state index is 13.0. The number of hydrogen-bond acceptors (Lipinski definition) is 16. The fourth-order valence-electron chi connectivity index (χ4n) is 8.72. The van der Waals surface area contributed by atoms with E-state index in [-0.39, 0.29) is 28.5 Å². The average Bonchev–Trinajstić information content (AvgIpc) is 4.39. The lowest BCUT2D eigenvalue weighted by atomic mass is 10.1. The number of hydrogen-bond donors (Lipinski definition) is 4. The lowest BCUT2D eigenvalue weighted by Crippen LogP contribution is -2.04. The zero-order valence-electron chi connectivity index (χ0n) is 43.7. The number of ether oxygens (including phenoxy) is 2. The van der Waals surface area contributed by atoms with Gasteiger partial charge in [0.05, 0.1) is 24.5 Å². The summed E-state index contributed by atoms with van der Waals surface area (Å²) in [5.41, 5.74) is 7.99. The summed E-state index contributed by atoms with van der Waals surface area (Å²) in [6, 6.07) is 38.1. The third-order valence-electron chi connectivity index (χ3n) is 12.9. The number of unbranched alkanes of at least 4 members (excludes halogenated alkanes) is 3. The molecule has 8 aromatic carbocycles. The molecule has 0 saturated heterocycles. The number of nitrogens with zero attached hydrogens (tertiary/aromatic N) is 12. The first kappa shape index (κ1) is 53.8. The van der Waals surface area contributed by atoms with E-state index in [0.29, 0.717) is 97.3 Å². The van der Waals surface area contributed by atoms with E-state index < -0.39 is 11.7 Å². The monoisotopic (exact) mass is 1120 g/mol. The van der Waals surface area contributed by atoms with Gasteiger partial charge in [-0.2, -0.15) is 18.0 Å². The summed E-state index contributed by atoms with van der Waals surface area (Å²) in [6.07, 6.45) is 0.323. The van der Waals surface area contributed by atoms with Crippen LogP contribution in [0, 0.1) is 18.8 Å². The van der Waals surface area contributed by atoms with Crippen LogP contribution in [0.15, 0.2) is 146 Å². The van der Waals surface area contributed by atoms with Crippen LogP contribution in [-0.4, -0.2) is 106 Å². The first-order chi connectivity index (χ1) is 40.1. The first-order valence-corrected chi connectivity index (χ1v) is 25.7. The van der Waals surface area contributed by atoms with Gasteiger partial charge >= 0.3 is 6.18 Å². The molecule has 0 bridgehead atoms. The highest BCUT2D eigenvalue weighted by Gasteiger charge is 2.31. The molecule has 4 heterocycles. The smallest absolute Gasteiger partial charge is 0.416 e. The number of phenolic OH excluding ortho intramolecular Hbond substituents is 4. The number of halogens is 3. The molecule has 0 saturated carbocycles. The fraction of sp³-hybridized carbons (Fsp3) is 0.133. The number of alkyl halides is 3. The summed E-state index contributed by atoms with van der Waals surface area (Å²) in [4.78, 5) is 27.2. The van der Waals surface area contributed by atoms with Crippen LogP contribution < -0.4 is 9.47 Å². The van der Waals surface area contributed by atoms with Crippen LogP contribution in [0.25, 0.3) is 66.9 Å². The van der Waals surface area contributed by atoms with E-state index in [2.05, 4.69) is 52.6 Å². The van der Waals surface area contributed by atoms with Gasteiger partial charge in [-0.15, -0.1) is 55.2 Å². The van der Waals surface area contributed by atoms with E-state index in [1.54, 1.807) is 84.9 Å². The van der Waals surface area contributed by atoms with Crippen molar-refractivity contribution < 1.29 is 52.7 Å². The molecular formula is C60H45F3N12O8. The van der Waals surface area contributed by atoms with Crippen molar-refractivity contribution in [3.8, 4) is 69.1 Å². The minimum atomic E-state index is -4.48. The summed E-state index contributed by atoms with van der Waals surface area (Å²) in [7, 11) is 0. The van der Waals surface area contributed by atoms with Gasteiger partial charge in [0.1, 0.15) is 108 Å². The molecule has 0 unspecified atom stereocenters. The molecule has 83 heavy (non-hydrogen) atoms. The van der Waals surface area contributed by atoms with Crippen molar-refractivity contribution in [1.82, 2.24) is 60.0 Å². The van der Waals surface area contributed by atoms with E-state index in [1.807, 2.05) is 25.1 Å². The molecule has 0 amide bonds. The molecule has 0 aliphatic heterocycles. The lowest BCUT2D eigenvalue weighted by Gasteiger charge is -2.10. The molecule has 12 aromatic rings. The van der Waals surface area contributed by atoms with Gasteiger partial charge in [-0.1, -0.05) is 17.9 Å². The van der Waals surface area contributed by atoms with Crippen LogP contribution in [0.2, 0.25) is 0 Å². The highest BCUT2D eigenvalue weighted by Crippen LogP contribution is 2.33. The number of phenols is 4. The van der Waals surface area contributed by atoms with Crippen molar-refractivity contribution in [2.45, 2.75) is 38.8 Å². The van der Waals surface area contributed by atoms with E-state index in [1.165, 1.54) is 49.5 Å². The predicted octanol–water partition coefficient (Wildman–Crippen LogP) is 10.5. The third kappa shape index (κ3) is 12.2. The maximum Gasteiger partial charge on any atom is 0.416 e. The Kier molecular flexibility index (Phi) is 14.9. The Labute approximate surface area is 467 Å². The zero-order valence-corrected chi connectivity index (χ0v) is 43.7. The number of aromatic nitrogens is 12. The Balaban J connectivity index is 0.000000176. The quantitative estimate of drug-likeness (QED) is 0.0423. The first-order valence-electron chi connectivity index (χ1n) is 25.7. The second-order valence-electron chi connectivity index (χ2n) is 19.0. The van der Waals surface area contributed by atoms with E-state index in [9.17, 15) is 43.2 Å². The van der Waals surface area contributed by atoms with Crippen LogP contribution in [0.5, 0.6) is 34.5 Å². The Bertz CT molecular complexity index is 4360. The molecule has 12 rings (SSSR count). The second kappa shape index (κ2) is 22.9. The van der Waals surface area contributed by atoms with E-state index in [0.717, 1.165) is 67.0 Å². The molecule has 0 fully saturated rings. The van der Waals surface area contributed by atoms with Crippen LogP contribution >= 0.6 is 0 Å². The minimum absolute atomic E-state index is 0.0176. The average molecular weight is 1120 g/mol. The SMILES string of the molecule is Cc1ccc2nn(-c3ccc(OCCCCCCOc4cc(O)cc(-n5nc6ccc(C(F)(F)F)cc6n5)c4)cc3O)nc2c1.O=Cc1ccc2nn(-c3ccc(C#Cc4ccc(-n5nc6ccc(C=O)cc6n5)c(O)c4)cc3O)nc2c1. The van der Waals surface area contributed by atoms with Crippen LogP contribution in [0.3, 0.4) is 0 Å². The third-order valence-corrected chi connectivity index (χ3v) is 12.9. The molecule has 0 aliphatic carbocycles. The molecule has 0 radical (unpaired) electrons. The van der Waals surface area contributed by atoms with Crippen molar-refractivity contribution in [2.75, 3.05) is 13.2 Å². The molecule has 0 atom stereocenters. The molecule has 0 spiro atoms. The number of aryl methyl sites for hydroxylation is 1. The van der Waals surface area contributed by atoms with Gasteiger partial charge in [-0.3, -0.25) is 9.59 Å². The largest absolute Gasteiger partial charge is 0.508 e. The Morgan fingerprint density at radius 2 is 0.892 bits per heavy atom. The number of aromatic hydroxyl groups is 4. The normalized spacial score (nSPS) is 11.4.